The Labute approximate surface area is 133 Å². The van der Waals surface area contributed by atoms with Gasteiger partial charge in [-0.3, -0.25) is 0 Å². The summed E-state index contributed by atoms with van der Waals surface area (Å²) in [6.07, 6.45) is 0. The fraction of sp³-hybridized carbons (Fsp3) is 0.800. The van der Waals surface area contributed by atoms with Crippen LogP contribution in [0, 0.1) is 0 Å². The zero-order valence-corrected chi connectivity index (χ0v) is 15.2. The van der Waals surface area contributed by atoms with Gasteiger partial charge < -0.3 is 9.80 Å². The van der Waals surface area contributed by atoms with Crippen LogP contribution in [0.15, 0.2) is 0 Å². The molecule has 0 aliphatic rings. The molecule has 0 amide bonds. The van der Waals surface area contributed by atoms with Crippen LogP contribution >= 0.6 is 11.6 Å². The Kier molecular flexibility index (Phi) is 6.20. The van der Waals surface area contributed by atoms with Crippen molar-refractivity contribution in [1.29, 1.82) is 0 Å². The van der Waals surface area contributed by atoms with E-state index in [9.17, 15) is 0 Å². The van der Waals surface area contributed by atoms with E-state index < -0.39 is 0 Å². The maximum atomic E-state index is 6.14. The molecule has 0 atom stereocenters. The average molecular weight is 314 g/mol. The van der Waals surface area contributed by atoms with E-state index in [4.69, 9.17) is 11.6 Å². The highest BCUT2D eigenvalue weighted by atomic mass is 35.5. The molecular formula is C15H28ClN5. The average Bonchev–Trinajstić information content (AvgIpc) is 2.25. The molecule has 0 aliphatic heterocycles. The Morgan fingerprint density at radius 3 is 1.14 bits per heavy atom. The Bertz CT molecular complexity index is 405. The number of hydrogen-bond acceptors (Lipinski definition) is 5. The van der Waals surface area contributed by atoms with Crippen LogP contribution in [0.1, 0.15) is 55.4 Å². The van der Waals surface area contributed by atoms with Crippen molar-refractivity contribution in [1.82, 2.24) is 15.0 Å². The van der Waals surface area contributed by atoms with Gasteiger partial charge in [0.15, 0.2) is 0 Å². The van der Waals surface area contributed by atoms with Gasteiger partial charge in [0.1, 0.15) is 0 Å². The molecule has 0 N–H and O–H groups in total. The monoisotopic (exact) mass is 313 g/mol. The maximum absolute atomic E-state index is 6.14. The Morgan fingerprint density at radius 1 is 0.619 bits per heavy atom. The predicted octanol–water partition coefficient (Wildman–Crippen LogP) is 3.77. The Hall–Kier alpha value is -1.10. The highest BCUT2D eigenvalue weighted by Crippen LogP contribution is 2.23. The van der Waals surface area contributed by atoms with Gasteiger partial charge in [0.2, 0.25) is 17.2 Å². The summed E-state index contributed by atoms with van der Waals surface area (Å²) >= 11 is 6.14. The van der Waals surface area contributed by atoms with Crippen molar-refractivity contribution in [3.8, 4) is 0 Å². The topological polar surface area (TPSA) is 45.2 Å². The van der Waals surface area contributed by atoms with Crippen LogP contribution in [0.3, 0.4) is 0 Å². The summed E-state index contributed by atoms with van der Waals surface area (Å²) in [5.41, 5.74) is 0. The molecule has 0 fully saturated rings. The van der Waals surface area contributed by atoms with Gasteiger partial charge in [0.05, 0.1) is 0 Å². The van der Waals surface area contributed by atoms with Gasteiger partial charge in [-0.05, 0) is 67.0 Å². The lowest BCUT2D eigenvalue weighted by molar-refractivity contribution is 0.571. The summed E-state index contributed by atoms with van der Waals surface area (Å²) in [5.74, 6) is 1.28. The van der Waals surface area contributed by atoms with Crippen molar-refractivity contribution >= 4 is 23.5 Å². The van der Waals surface area contributed by atoms with E-state index in [2.05, 4.69) is 80.1 Å². The van der Waals surface area contributed by atoms with Crippen LogP contribution in [-0.4, -0.2) is 39.1 Å². The maximum Gasteiger partial charge on any atom is 0.231 e. The standard InChI is InChI=1S/C15H28ClN5/c1-9(2)20(10(3)4)14-17-13(16)18-15(19-14)21(11(5)6)12(7)8/h9-12H,1-8H3. The van der Waals surface area contributed by atoms with Crippen molar-refractivity contribution in [3.63, 3.8) is 0 Å². The number of halogens is 1. The van der Waals surface area contributed by atoms with Crippen molar-refractivity contribution in [2.75, 3.05) is 9.80 Å². The zero-order chi connectivity index (χ0) is 16.3. The molecule has 0 bridgehead atoms. The highest BCUT2D eigenvalue weighted by molar-refractivity contribution is 6.28. The molecule has 120 valence electrons. The molecule has 0 unspecified atom stereocenters. The fourth-order valence-corrected chi connectivity index (χ4v) is 2.83. The van der Waals surface area contributed by atoms with E-state index in [0.29, 0.717) is 36.1 Å². The lowest BCUT2D eigenvalue weighted by Crippen LogP contribution is -2.41. The number of anilines is 2. The van der Waals surface area contributed by atoms with Crippen LogP contribution in [0.5, 0.6) is 0 Å². The first-order valence-electron chi connectivity index (χ1n) is 7.63. The quantitative estimate of drug-likeness (QED) is 0.800. The van der Waals surface area contributed by atoms with Gasteiger partial charge in [0, 0.05) is 24.2 Å². The lowest BCUT2D eigenvalue weighted by Gasteiger charge is -2.34. The smallest absolute Gasteiger partial charge is 0.231 e. The summed E-state index contributed by atoms with van der Waals surface area (Å²) < 4.78 is 0. The van der Waals surface area contributed by atoms with E-state index in [1.54, 1.807) is 0 Å². The van der Waals surface area contributed by atoms with Gasteiger partial charge in [-0.2, -0.15) is 15.0 Å². The van der Waals surface area contributed by atoms with E-state index in [1.807, 2.05) is 0 Å². The Balaban J connectivity index is 3.32. The SMILES string of the molecule is CC(C)N(c1nc(Cl)nc(N(C(C)C)C(C)C)n1)C(C)C. The molecule has 21 heavy (non-hydrogen) atoms. The van der Waals surface area contributed by atoms with Gasteiger partial charge in [0.25, 0.3) is 0 Å². The highest BCUT2D eigenvalue weighted by Gasteiger charge is 2.23. The molecule has 6 heteroatoms. The lowest BCUT2D eigenvalue weighted by atomic mass is 10.2. The molecule has 1 aromatic heterocycles. The van der Waals surface area contributed by atoms with Gasteiger partial charge in [-0.25, -0.2) is 0 Å². The summed E-state index contributed by atoms with van der Waals surface area (Å²) in [7, 11) is 0. The van der Waals surface area contributed by atoms with Crippen molar-refractivity contribution in [2.45, 2.75) is 79.6 Å². The molecule has 1 aromatic rings. The predicted molar refractivity (Wildman–Crippen MR) is 90.3 cm³/mol. The first-order chi connectivity index (χ1) is 9.65. The number of hydrogen-bond donors (Lipinski definition) is 0. The second kappa shape index (κ2) is 7.25. The third-order valence-corrected chi connectivity index (χ3v) is 3.44. The third kappa shape index (κ3) is 4.43. The first-order valence-corrected chi connectivity index (χ1v) is 8.01. The molecule has 1 rings (SSSR count). The molecule has 0 aliphatic carbocycles. The van der Waals surface area contributed by atoms with E-state index >= 15 is 0 Å². The van der Waals surface area contributed by atoms with Crippen molar-refractivity contribution in [3.05, 3.63) is 5.28 Å². The summed E-state index contributed by atoms with van der Waals surface area (Å²) in [6, 6.07) is 1.18. The van der Waals surface area contributed by atoms with E-state index in [-0.39, 0.29) is 5.28 Å². The minimum Gasteiger partial charge on any atom is -0.336 e. The van der Waals surface area contributed by atoms with Crippen LogP contribution in [-0.2, 0) is 0 Å². The molecule has 1 heterocycles. The van der Waals surface area contributed by atoms with E-state index in [0.717, 1.165) is 0 Å². The van der Waals surface area contributed by atoms with Crippen molar-refractivity contribution < 1.29 is 0 Å². The van der Waals surface area contributed by atoms with Crippen LogP contribution in [0.4, 0.5) is 11.9 Å². The first kappa shape index (κ1) is 18.0. The molecule has 0 saturated heterocycles. The molecular weight excluding hydrogens is 286 g/mol. The molecule has 5 nitrogen and oxygen atoms in total. The zero-order valence-electron chi connectivity index (χ0n) is 14.4. The second-order valence-corrected chi connectivity index (χ2v) is 6.73. The fourth-order valence-electron chi connectivity index (χ4n) is 2.68. The van der Waals surface area contributed by atoms with Gasteiger partial charge in [-0.15, -0.1) is 0 Å². The second-order valence-electron chi connectivity index (χ2n) is 6.39. The molecule has 0 spiro atoms. The van der Waals surface area contributed by atoms with Crippen LogP contribution in [0.25, 0.3) is 0 Å². The number of nitrogens with zero attached hydrogens (tertiary/aromatic N) is 5. The third-order valence-electron chi connectivity index (χ3n) is 3.27. The minimum absolute atomic E-state index is 0.243. The number of rotatable bonds is 6. The van der Waals surface area contributed by atoms with Crippen molar-refractivity contribution in [2.24, 2.45) is 0 Å². The minimum atomic E-state index is 0.243. The largest absolute Gasteiger partial charge is 0.336 e. The van der Waals surface area contributed by atoms with Gasteiger partial charge in [-0.1, -0.05) is 0 Å². The normalized spacial score (nSPS) is 11.9. The molecule has 0 aromatic carbocycles. The Morgan fingerprint density at radius 2 is 0.905 bits per heavy atom. The van der Waals surface area contributed by atoms with E-state index in [1.165, 1.54) is 0 Å². The molecule has 0 saturated carbocycles. The van der Waals surface area contributed by atoms with Gasteiger partial charge >= 0.3 is 0 Å². The summed E-state index contributed by atoms with van der Waals surface area (Å²) in [4.78, 5) is 17.6. The number of aromatic nitrogens is 3. The summed E-state index contributed by atoms with van der Waals surface area (Å²) in [5, 5.41) is 0.243. The molecule has 0 radical (unpaired) electrons. The van der Waals surface area contributed by atoms with Crippen LogP contribution < -0.4 is 9.80 Å². The summed E-state index contributed by atoms with van der Waals surface area (Å²) in [6.45, 7) is 17.0. The van der Waals surface area contributed by atoms with Crippen LogP contribution in [0.2, 0.25) is 5.28 Å².